The molecule has 0 aliphatic rings. The van der Waals surface area contributed by atoms with Gasteiger partial charge in [-0.25, -0.2) is 4.39 Å². The number of hydrogen-bond donors (Lipinski definition) is 2. The van der Waals surface area contributed by atoms with Crippen LogP contribution in [0.25, 0.3) is 0 Å². The van der Waals surface area contributed by atoms with Crippen molar-refractivity contribution in [2.45, 2.75) is 6.54 Å². The van der Waals surface area contributed by atoms with Gasteiger partial charge in [-0.1, -0.05) is 12.1 Å². The average Bonchev–Trinajstić information content (AvgIpc) is 2.48. The Hall–Kier alpha value is -2.08. The summed E-state index contributed by atoms with van der Waals surface area (Å²) in [6.45, 7) is 0.333. The van der Waals surface area contributed by atoms with Crippen molar-refractivity contribution < 1.29 is 13.9 Å². The molecule has 0 heterocycles. The lowest BCUT2D eigenvalue weighted by molar-refractivity contribution is 0.0950. The predicted octanol–water partition coefficient (Wildman–Crippen LogP) is 3.11. The summed E-state index contributed by atoms with van der Waals surface area (Å²) in [5.74, 6) is -0.184. The van der Waals surface area contributed by atoms with Crippen LogP contribution in [0.3, 0.4) is 0 Å². The number of carbonyl (C=O) groups excluding carboxylic acids is 1. The Labute approximate surface area is 130 Å². The molecule has 0 aromatic heterocycles. The highest BCUT2D eigenvalue weighted by Crippen LogP contribution is 2.23. The first-order valence-corrected chi connectivity index (χ1v) is 6.96. The van der Waals surface area contributed by atoms with Crippen LogP contribution in [0, 0.1) is 5.82 Å². The standard InChI is InChI=1S/C15H14BrFN2O2/c1-21-10-4-2-3-9(5-10)8-19-15(20)11-6-14(18)13(17)7-12(11)16/h2-7H,8,18H2,1H3,(H,19,20). The summed E-state index contributed by atoms with van der Waals surface area (Å²) in [4.78, 5) is 12.1. The molecule has 21 heavy (non-hydrogen) atoms. The molecule has 0 spiro atoms. The molecule has 2 rings (SSSR count). The zero-order valence-electron chi connectivity index (χ0n) is 11.3. The predicted molar refractivity (Wildman–Crippen MR) is 82.7 cm³/mol. The Bertz CT molecular complexity index is 677. The van der Waals surface area contributed by atoms with E-state index >= 15 is 0 Å². The molecule has 0 saturated heterocycles. The van der Waals surface area contributed by atoms with Gasteiger partial charge in [-0.05, 0) is 45.8 Å². The zero-order valence-corrected chi connectivity index (χ0v) is 12.9. The maximum absolute atomic E-state index is 13.3. The number of nitrogens with two attached hydrogens (primary N) is 1. The van der Waals surface area contributed by atoms with E-state index in [1.807, 2.05) is 24.3 Å². The first-order chi connectivity index (χ1) is 10.0. The number of carbonyl (C=O) groups is 1. The molecule has 0 fully saturated rings. The number of benzene rings is 2. The first kappa shape index (κ1) is 15.3. The van der Waals surface area contributed by atoms with Gasteiger partial charge in [-0.2, -0.15) is 0 Å². The third-order valence-electron chi connectivity index (χ3n) is 2.92. The number of hydrogen-bond acceptors (Lipinski definition) is 3. The lowest BCUT2D eigenvalue weighted by Crippen LogP contribution is -2.23. The van der Waals surface area contributed by atoms with Gasteiger partial charge in [0.05, 0.1) is 18.4 Å². The molecule has 0 bridgehead atoms. The summed E-state index contributed by atoms with van der Waals surface area (Å²) in [5, 5.41) is 2.75. The lowest BCUT2D eigenvalue weighted by Gasteiger charge is -2.09. The first-order valence-electron chi connectivity index (χ1n) is 6.17. The van der Waals surface area contributed by atoms with Crippen LogP contribution in [0.4, 0.5) is 10.1 Å². The molecular weight excluding hydrogens is 339 g/mol. The monoisotopic (exact) mass is 352 g/mol. The van der Waals surface area contributed by atoms with Crippen molar-refractivity contribution >= 4 is 27.5 Å². The number of ether oxygens (including phenoxy) is 1. The number of rotatable bonds is 4. The second kappa shape index (κ2) is 6.58. The minimum absolute atomic E-state index is 0.0651. The number of methoxy groups -OCH3 is 1. The fourth-order valence-corrected chi connectivity index (χ4v) is 2.30. The summed E-state index contributed by atoms with van der Waals surface area (Å²) >= 11 is 3.15. The molecule has 2 aromatic rings. The van der Waals surface area contributed by atoms with Gasteiger partial charge >= 0.3 is 0 Å². The molecule has 0 aliphatic heterocycles. The molecule has 0 radical (unpaired) electrons. The summed E-state index contributed by atoms with van der Waals surface area (Å²) < 4.78 is 18.7. The van der Waals surface area contributed by atoms with Gasteiger partial charge in [-0.15, -0.1) is 0 Å². The molecule has 6 heteroatoms. The van der Waals surface area contributed by atoms with Crippen LogP contribution in [-0.4, -0.2) is 13.0 Å². The fourth-order valence-electron chi connectivity index (χ4n) is 1.80. The smallest absolute Gasteiger partial charge is 0.252 e. The topological polar surface area (TPSA) is 64.3 Å². The minimum atomic E-state index is -0.564. The summed E-state index contributed by atoms with van der Waals surface area (Å²) in [6, 6.07) is 9.84. The Kier molecular flexibility index (Phi) is 4.80. The molecule has 0 unspecified atom stereocenters. The molecule has 0 atom stereocenters. The molecule has 2 aromatic carbocycles. The summed E-state index contributed by atoms with van der Waals surface area (Å²) in [5.41, 5.74) is 6.60. The zero-order chi connectivity index (χ0) is 15.4. The second-order valence-corrected chi connectivity index (χ2v) is 5.24. The highest BCUT2D eigenvalue weighted by Gasteiger charge is 2.13. The van der Waals surface area contributed by atoms with Gasteiger partial charge in [0.25, 0.3) is 5.91 Å². The SMILES string of the molecule is COc1cccc(CNC(=O)c2cc(N)c(F)cc2Br)c1. The van der Waals surface area contributed by atoms with Crippen molar-refractivity contribution in [3.05, 3.63) is 57.8 Å². The van der Waals surface area contributed by atoms with E-state index in [-0.39, 0.29) is 17.2 Å². The maximum Gasteiger partial charge on any atom is 0.252 e. The van der Waals surface area contributed by atoms with E-state index in [9.17, 15) is 9.18 Å². The van der Waals surface area contributed by atoms with Crippen LogP contribution in [0.15, 0.2) is 40.9 Å². The third-order valence-corrected chi connectivity index (χ3v) is 3.57. The van der Waals surface area contributed by atoms with Crippen molar-refractivity contribution in [2.24, 2.45) is 0 Å². The molecule has 1 amide bonds. The van der Waals surface area contributed by atoms with Crippen molar-refractivity contribution in [1.29, 1.82) is 0 Å². The van der Waals surface area contributed by atoms with E-state index in [0.29, 0.717) is 16.8 Å². The summed E-state index contributed by atoms with van der Waals surface area (Å²) in [6.07, 6.45) is 0. The van der Waals surface area contributed by atoms with E-state index < -0.39 is 5.82 Å². The Balaban J connectivity index is 2.10. The van der Waals surface area contributed by atoms with E-state index in [1.165, 1.54) is 12.1 Å². The number of nitrogen functional groups attached to an aromatic ring is 1. The van der Waals surface area contributed by atoms with E-state index in [2.05, 4.69) is 21.2 Å². The van der Waals surface area contributed by atoms with E-state index in [1.54, 1.807) is 7.11 Å². The Morgan fingerprint density at radius 1 is 1.38 bits per heavy atom. The van der Waals surface area contributed by atoms with Crippen LogP contribution in [0.5, 0.6) is 5.75 Å². The molecule has 0 aliphatic carbocycles. The van der Waals surface area contributed by atoms with E-state index in [0.717, 1.165) is 5.56 Å². The van der Waals surface area contributed by atoms with Gasteiger partial charge < -0.3 is 15.8 Å². The molecular formula is C15H14BrFN2O2. The molecule has 0 saturated carbocycles. The highest BCUT2D eigenvalue weighted by molar-refractivity contribution is 9.10. The molecule has 3 N–H and O–H groups in total. The van der Waals surface area contributed by atoms with Crippen LogP contribution in [-0.2, 0) is 6.54 Å². The number of anilines is 1. The normalized spacial score (nSPS) is 10.2. The van der Waals surface area contributed by atoms with Crippen molar-refractivity contribution in [3.8, 4) is 5.75 Å². The molecule has 4 nitrogen and oxygen atoms in total. The number of nitrogens with one attached hydrogen (secondary N) is 1. The van der Waals surface area contributed by atoms with Gasteiger partial charge in [0.1, 0.15) is 11.6 Å². The Morgan fingerprint density at radius 2 is 2.14 bits per heavy atom. The van der Waals surface area contributed by atoms with Crippen molar-refractivity contribution in [1.82, 2.24) is 5.32 Å². The average molecular weight is 353 g/mol. The number of halogens is 2. The Morgan fingerprint density at radius 3 is 2.86 bits per heavy atom. The van der Waals surface area contributed by atoms with Gasteiger partial charge in [0, 0.05) is 11.0 Å². The van der Waals surface area contributed by atoms with Crippen molar-refractivity contribution in [3.63, 3.8) is 0 Å². The minimum Gasteiger partial charge on any atom is -0.497 e. The van der Waals surface area contributed by atoms with Crippen LogP contribution < -0.4 is 15.8 Å². The highest BCUT2D eigenvalue weighted by atomic mass is 79.9. The van der Waals surface area contributed by atoms with Gasteiger partial charge in [-0.3, -0.25) is 4.79 Å². The fraction of sp³-hybridized carbons (Fsp3) is 0.133. The van der Waals surface area contributed by atoms with Crippen molar-refractivity contribution in [2.75, 3.05) is 12.8 Å². The van der Waals surface area contributed by atoms with Gasteiger partial charge in [0.15, 0.2) is 0 Å². The van der Waals surface area contributed by atoms with Crippen LogP contribution >= 0.6 is 15.9 Å². The van der Waals surface area contributed by atoms with Crippen LogP contribution in [0.2, 0.25) is 0 Å². The van der Waals surface area contributed by atoms with E-state index in [4.69, 9.17) is 10.5 Å². The van der Waals surface area contributed by atoms with Crippen LogP contribution in [0.1, 0.15) is 15.9 Å². The number of amides is 1. The summed E-state index contributed by atoms with van der Waals surface area (Å²) in [7, 11) is 1.58. The second-order valence-electron chi connectivity index (χ2n) is 4.39. The quantitative estimate of drug-likeness (QED) is 0.831. The lowest BCUT2D eigenvalue weighted by atomic mass is 10.1. The largest absolute Gasteiger partial charge is 0.497 e. The maximum atomic E-state index is 13.3. The third kappa shape index (κ3) is 3.72. The van der Waals surface area contributed by atoms with Gasteiger partial charge in [0.2, 0.25) is 0 Å². The molecule has 110 valence electrons.